The number of sulfonamides is 1. The lowest BCUT2D eigenvalue weighted by atomic mass is 10.1. The number of aliphatic hydroxyl groups is 1. The molecule has 0 bridgehead atoms. The maximum absolute atomic E-state index is 11.5. The van der Waals surface area contributed by atoms with E-state index >= 15 is 0 Å². The summed E-state index contributed by atoms with van der Waals surface area (Å²) in [5.74, 6) is 0.0424. The van der Waals surface area contributed by atoms with Crippen molar-refractivity contribution in [2.45, 2.75) is 32.2 Å². The van der Waals surface area contributed by atoms with Gasteiger partial charge in [-0.2, -0.15) is 0 Å². The molecule has 0 rings (SSSR count). The minimum Gasteiger partial charge on any atom is -0.396 e. The molecule has 0 aliphatic carbocycles. The quantitative estimate of drug-likeness (QED) is 0.589. The molecule has 0 unspecified atom stereocenters. The summed E-state index contributed by atoms with van der Waals surface area (Å²) in [5, 5.41) is 8.54. The van der Waals surface area contributed by atoms with Crippen LogP contribution in [0.5, 0.6) is 0 Å². The fraction of sp³-hybridized carbons (Fsp3) is 1.00. The van der Waals surface area contributed by atoms with Gasteiger partial charge < -0.3 is 9.84 Å². The second-order valence-electron chi connectivity index (χ2n) is 4.17. The van der Waals surface area contributed by atoms with Gasteiger partial charge in [-0.05, 0) is 26.7 Å². The molecule has 0 amide bonds. The fourth-order valence-electron chi connectivity index (χ4n) is 1.27. The Bertz CT molecular complexity index is 261. The molecule has 0 atom stereocenters. The number of rotatable bonds is 8. The van der Waals surface area contributed by atoms with Crippen molar-refractivity contribution in [2.75, 3.05) is 26.1 Å². The Morgan fingerprint density at radius 1 is 1.33 bits per heavy atom. The van der Waals surface area contributed by atoms with Crippen molar-refractivity contribution < 1.29 is 18.3 Å². The smallest absolute Gasteiger partial charge is 0.212 e. The SMILES string of the molecule is COCC(C)(C)NS(=O)(=O)CCCCO. The Morgan fingerprint density at radius 3 is 2.40 bits per heavy atom. The molecule has 0 saturated heterocycles. The van der Waals surface area contributed by atoms with E-state index in [1.54, 1.807) is 13.8 Å². The number of nitrogens with one attached hydrogen (secondary N) is 1. The Morgan fingerprint density at radius 2 is 1.93 bits per heavy atom. The topological polar surface area (TPSA) is 75.6 Å². The number of aliphatic hydroxyl groups excluding tert-OH is 1. The predicted octanol–water partition coefficient (Wildman–Crippen LogP) is 0.103. The minimum absolute atomic E-state index is 0.0248. The summed E-state index contributed by atoms with van der Waals surface area (Å²) in [4.78, 5) is 0. The first kappa shape index (κ1) is 14.8. The van der Waals surface area contributed by atoms with Crippen LogP contribution in [0.25, 0.3) is 0 Å². The molecule has 0 saturated carbocycles. The van der Waals surface area contributed by atoms with Crippen LogP contribution in [0.2, 0.25) is 0 Å². The highest BCUT2D eigenvalue weighted by atomic mass is 32.2. The van der Waals surface area contributed by atoms with Crippen molar-refractivity contribution in [2.24, 2.45) is 0 Å². The highest BCUT2D eigenvalue weighted by Crippen LogP contribution is 2.06. The van der Waals surface area contributed by atoms with Gasteiger partial charge in [-0.3, -0.25) is 0 Å². The maximum atomic E-state index is 11.5. The van der Waals surface area contributed by atoms with E-state index < -0.39 is 15.6 Å². The van der Waals surface area contributed by atoms with E-state index in [-0.39, 0.29) is 12.4 Å². The Hall–Kier alpha value is -0.170. The van der Waals surface area contributed by atoms with E-state index in [1.165, 1.54) is 7.11 Å². The molecule has 0 aromatic rings. The molecule has 92 valence electrons. The number of ether oxygens (including phenoxy) is 1. The second kappa shape index (κ2) is 6.42. The summed E-state index contributed by atoms with van der Waals surface area (Å²) >= 11 is 0. The van der Waals surface area contributed by atoms with Gasteiger partial charge in [-0.25, -0.2) is 13.1 Å². The molecule has 0 aliphatic rings. The highest BCUT2D eigenvalue weighted by molar-refractivity contribution is 7.89. The lowest BCUT2D eigenvalue weighted by Gasteiger charge is -2.24. The number of hydrogen-bond acceptors (Lipinski definition) is 4. The molecule has 2 N–H and O–H groups in total. The van der Waals surface area contributed by atoms with Crippen LogP contribution in [0.3, 0.4) is 0 Å². The van der Waals surface area contributed by atoms with Crippen LogP contribution in [0.1, 0.15) is 26.7 Å². The molecule has 0 fully saturated rings. The largest absolute Gasteiger partial charge is 0.396 e. The van der Waals surface area contributed by atoms with E-state index in [0.29, 0.717) is 19.4 Å². The van der Waals surface area contributed by atoms with Crippen molar-refractivity contribution in [1.29, 1.82) is 0 Å². The Kier molecular flexibility index (Phi) is 6.35. The third-order valence-corrected chi connectivity index (χ3v) is 3.45. The van der Waals surface area contributed by atoms with Crippen LogP contribution in [0, 0.1) is 0 Å². The van der Waals surface area contributed by atoms with E-state index in [9.17, 15) is 8.42 Å². The van der Waals surface area contributed by atoms with Crippen LogP contribution >= 0.6 is 0 Å². The highest BCUT2D eigenvalue weighted by Gasteiger charge is 2.24. The van der Waals surface area contributed by atoms with Gasteiger partial charge in [0, 0.05) is 13.7 Å². The van der Waals surface area contributed by atoms with E-state index in [2.05, 4.69) is 4.72 Å². The molecule has 0 aromatic heterocycles. The standard InChI is InChI=1S/C9H21NO4S/c1-9(2,8-14-3)10-15(12,13)7-5-4-6-11/h10-11H,4-8H2,1-3H3. The maximum Gasteiger partial charge on any atom is 0.212 e. The minimum atomic E-state index is -3.27. The molecule has 0 aliphatic heterocycles. The van der Waals surface area contributed by atoms with Gasteiger partial charge >= 0.3 is 0 Å². The van der Waals surface area contributed by atoms with Crippen molar-refractivity contribution in [3.05, 3.63) is 0 Å². The molecule has 15 heavy (non-hydrogen) atoms. The van der Waals surface area contributed by atoms with Gasteiger partial charge in [0.15, 0.2) is 0 Å². The summed E-state index contributed by atoms with van der Waals surface area (Å²) in [5.41, 5.74) is -0.590. The zero-order chi connectivity index (χ0) is 11.9. The van der Waals surface area contributed by atoms with Crippen LogP contribution in [-0.2, 0) is 14.8 Å². The normalized spacial score (nSPS) is 13.1. The molecular formula is C9H21NO4S. The lowest BCUT2D eigenvalue weighted by molar-refractivity contribution is 0.141. The Balaban J connectivity index is 4.13. The number of hydrogen-bond donors (Lipinski definition) is 2. The summed E-state index contributed by atoms with van der Waals surface area (Å²) in [6.07, 6.45) is 0.973. The molecule has 0 radical (unpaired) electrons. The van der Waals surface area contributed by atoms with Gasteiger partial charge in [0.2, 0.25) is 10.0 Å². The van der Waals surface area contributed by atoms with Gasteiger partial charge in [0.1, 0.15) is 0 Å². The van der Waals surface area contributed by atoms with E-state index in [4.69, 9.17) is 9.84 Å². The van der Waals surface area contributed by atoms with E-state index in [0.717, 1.165) is 0 Å². The third-order valence-electron chi connectivity index (χ3n) is 1.76. The molecule has 0 heterocycles. The van der Waals surface area contributed by atoms with Crippen LogP contribution in [-0.4, -0.2) is 45.1 Å². The monoisotopic (exact) mass is 239 g/mol. The second-order valence-corrected chi connectivity index (χ2v) is 6.01. The van der Waals surface area contributed by atoms with Gasteiger partial charge in [0.05, 0.1) is 17.9 Å². The van der Waals surface area contributed by atoms with Gasteiger partial charge in [-0.15, -0.1) is 0 Å². The van der Waals surface area contributed by atoms with Crippen molar-refractivity contribution in [1.82, 2.24) is 4.72 Å². The van der Waals surface area contributed by atoms with Crippen molar-refractivity contribution >= 4 is 10.0 Å². The van der Waals surface area contributed by atoms with Gasteiger partial charge in [-0.1, -0.05) is 0 Å². The molecular weight excluding hydrogens is 218 g/mol. The molecule has 6 heteroatoms. The predicted molar refractivity (Wildman–Crippen MR) is 59.2 cm³/mol. The third kappa shape index (κ3) is 7.72. The average molecular weight is 239 g/mol. The van der Waals surface area contributed by atoms with Crippen molar-refractivity contribution in [3.63, 3.8) is 0 Å². The summed E-state index contributed by atoms with van der Waals surface area (Å²) in [6, 6.07) is 0. The molecule has 0 spiro atoms. The first-order valence-corrected chi connectivity index (χ1v) is 6.60. The zero-order valence-corrected chi connectivity index (χ0v) is 10.4. The molecule has 0 aromatic carbocycles. The van der Waals surface area contributed by atoms with Crippen LogP contribution in [0.15, 0.2) is 0 Å². The first-order valence-electron chi connectivity index (χ1n) is 4.94. The summed E-state index contributed by atoms with van der Waals surface area (Å²) < 4.78 is 30.6. The number of methoxy groups -OCH3 is 1. The van der Waals surface area contributed by atoms with Crippen molar-refractivity contribution in [3.8, 4) is 0 Å². The fourth-order valence-corrected chi connectivity index (χ4v) is 2.85. The number of unbranched alkanes of at least 4 members (excludes halogenated alkanes) is 1. The lowest BCUT2D eigenvalue weighted by Crippen LogP contribution is -2.47. The van der Waals surface area contributed by atoms with Crippen LogP contribution in [0.4, 0.5) is 0 Å². The Labute approximate surface area is 91.9 Å². The first-order chi connectivity index (χ1) is 6.83. The zero-order valence-electron chi connectivity index (χ0n) is 9.62. The summed E-state index contributed by atoms with van der Waals surface area (Å²) in [7, 11) is -1.75. The average Bonchev–Trinajstić information content (AvgIpc) is 2.01. The van der Waals surface area contributed by atoms with Crippen LogP contribution < -0.4 is 4.72 Å². The summed E-state index contributed by atoms with van der Waals surface area (Å²) in [6.45, 7) is 3.88. The van der Waals surface area contributed by atoms with Gasteiger partial charge in [0.25, 0.3) is 0 Å². The van der Waals surface area contributed by atoms with E-state index in [1.807, 2.05) is 0 Å². The molecule has 5 nitrogen and oxygen atoms in total.